The molecule has 0 heterocycles. The second-order valence-electron chi connectivity index (χ2n) is 5.35. The van der Waals surface area contributed by atoms with Gasteiger partial charge in [-0.1, -0.05) is 24.3 Å². The van der Waals surface area contributed by atoms with Gasteiger partial charge in [0.15, 0.2) is 0 Å². The average molecular weight is 334 g/mol. The van der Waals surface area contributed by atoms with Gasteiger partial charge in [-0.2, -0.15) is 8.78 Å². The maximum atomic E-state index is 12.1. The van der Waals surface area contributed by atoms with E-state index in [0.29, 0.717) is 13.0 Å². The quantitative estimate of drug-likeness (QED) is 0.778. The van der Waals surface area contributed by atoms with E-state index in [9.17, 15) is 13.6 Å². The van der Waals surface area contributed by atoms with Crippen LogP contribution in [0.25, 0.3) is 0 Å². The maximum absolute atomic E-state index is 12.1. The fraction of sp³-hybridized carbons (Fsp3) is 0.278. The summed E-state index contributed by atoms with van der Waals surface area (Å²) >= 11 is 0. The summed E-state index contributed by atoms with van der Waals surface area (Å²) in [6.07, 6.45) is 0.616. The predicted molar refractivity (Wildman–Crippen MR) is 89.5 cm³/mol. The standard InChI is InChI=1S/C18H20F2N2O2/c1-13-3-2-4-15(11-13)22-12-17(23)21-10-9-14-5-7-16(8-6-14)24-18(19)20/h2-8,11,18,22H,9-10,12H2,1H3,(H,21,23). The molecule has 0 aliphatic heterocycles. The van der Waals surface area contributed by atoms with Gasteiger partial charge in [0.05, 0.1) is 6.54 Å². The Bertz CT molecular complexity index is 660. The first-order valence-electron chi connectivity index (χ1n) is 7.64. The Balaban J connectivity index is 1.68. The van der Waals surface area contributed by atoms with Gasteiger partial charge < -0.3 is 15.4 Å². The molecule has 2 aromatic carbocycles. The number of anilines is 1. The summed E-state index contributed by atoms with van der Waals surface area (Å²) in [7, 11) is 0. The van der Waals surface area contributed by atoms with Crippen LogP contribution in [0.2, 0.25) is 0 Å². The second-order valence-corrected chi connectivity index (χ2v) is 5.35. The smallest absolute Gasteiger partial charge is 0.387 e. The molecule has 0 fully saturated rings. The van der Waals surface area contributed by atoms with E-state index in [4.69, 9.17) is 0 Å². The second kappa shape index (κ2) is 8.86. The van der Waals surface area contributed by atoms with Crippen molar-refractivity contribution in [2.75, 3.05) is 18.4 Å². The van der Waals surface area contributed by atoms with Gasteiger partial charge in [-0.25, -0.2) is 0 Å². The molecule has 24 heavy (non-hydrogen) atoms. The summed E-state index contributed by atoms with van der Waals surface area (Å²) in [6.45, 7) is -0.160. The van der Waals surface area contributed by atoms with Gasteiger partial charge in [0.25, 0.3) is 0 Å². The molecule has 0 spiro atoms. The van der Waals surface area contributed by atoms with Gasteiger partial charge in [-0.05, 0) is 48.7 Å². The largest absolute Gasteiger partial charge is 0.435 e. The number of carbonyl (C=O) groups is 1. The Morgan fingerprint density at radius 1 is 1.17 bits per heavy atom. The van der Waals surface area contributed by atoms with Crippen molar-refractivity contribution in [3.8, 4) is 5.75 Å². The third-order valence-corrected chi connectivity index (χ3v) is 3.36. The van der Waals surface area contributed by atoms with Gasteiger partial charge >= 0.3 is 6.61 Å². The van der Waals surface area contributed by atoms with Crippen LogP contribution in [0.1, 0.15) is 11.1 Å². The van der Waals surface area contributed by atoms with E-state index in [1.165, 1.54) is 12.1 Å². The summed E-state index contributed by atoms with van der Waals surface area (Å²) in [6, 6.07) is 14.2. The van der Waals surface area contributed by atoms with Crippen LogP contribution in [0.15, 0.2) is 48.5 Å². The molecule has 1 amide bonds. The van der Waals surface area contributed by atoms with E-state index >= 15 is 0 Å². The Labute approximate surface area is 139 Å². The van der Waals surface area contributed by atoms with Crippen molar-refractivity contribution in [2.24, 2.45) is 0 Å². The number of rotatable bonds is 8. The lowest BCUT2D eigenvalue weighted by Gasteiger charge is -2.09. The molecule has 0 bridgehead atoms. The average Bonchev–Trinajstić information content (AvgIpc) is 2.54. The highest BCUT2D eigenvalue weighted by Crippen LogP contribution is 2.15. The number of hydrogen-bond acceptors (Lipinski definition) is 3. The number of alkyl halides is 2. The van der Waals surface area contributed by atoms with Gasteiger partial charge in [-0.15, -0.1) is 0 Å². The van der Waals surface area contributed by atoms with Gasteiger partial charge in [0, 0.05) is 12.2 Å². The lowest BCUT2D eigenvalue weighted by atomic mass is 10.1. The van der Waals surface area contributed by atoms with Crippen molar-refractivity contribution in [3.63, 3.8) is 0 Å². The van der Waals surface area contributed by atoms with E-state index in [-0.39, 0.29) is 18.2 Å². The van der Waals surface area contributed by atoms with Crippen LogP contribution < -0.4 is 15.4 Å². The molecule has 0 saturated heterocycles. The normalized spacial score (nSPS) is 10.5. The fourth-order valence-corrected chi connectivity index (χ4v) is 2.18. The third kappa shape index (κ3) is 6.24. The number of aryl methyl sites for hydroxylation is 1. The monoisotopic (exact) mass is 334 g/mol. The van der Waals surface area contributed by atoms with E-state index < -0.39 is 6.61 Å². The number of hydrogen-bond donors (Lipinski definition) is 2. The highest BCUT2D eigenvalue weighted by atomic mass is 19.3. The minimum atomic E-state index is -2.82. The molecule has 2 N–H and O–H groups in total. The van der Waals surface area contributed by atoms with Crippen LogP contribution in [-0.2, 0) is 11.2 Å². The Morgan fingerprint density at radius 3 is 2.58 bits per heavy atom. The molecule has 0 saturated carbocycles. The minimum Gasteiger partial charge on any atom is -0.435 e. The molecule has 2 aromatic rings. The summed E-state index contributed by atoms with van der Waals surface area (Å²) < 4.78 is 28.4. The van der Waals surface area contributed by atoms with Crippen LogP contribution in [-0.4, -0.2) is 25.6 Å². The van der Waals surface area contributed by atoms with Crippen LogP contribution in [0.4, 0.5) is 14.5 Å². The Hall–Kier alpha value is -2.63. The summed E-state index contributed by atoms with van der Waals surface area (Å²) in [4.78, 5) is 11.8. The number of benzene rings is 2. The molecule has 0 aliphatic carbocycles. The molecular weight excluding hydrogens is 314 g/mol. The van der Waals surface area contributed by atoms with E-state index in [1.807, 2.05) is 31.2 Å². The SMILES string of the molecule is Cc1cccc(NCC(=O)NCCc2ccc(OC(F)F)cc2)c1. The molecule has 0 aromatic heterocycles. The van der Waals surface area contributed by atoms with Crippen molar-refractivity contribution >= 4 is 11.6 Å². The number of nitrogens with one attached hydrogen (secondary N) is 2. The van der Waals surface area contributed by atoms with Crippen molar-refractivity contribution in [3.05, 3.63) is 59.7 Å². The van der Waals surface area contributed by atoms with Crippen LogP contribution in [0, 0.1) is 6.92 Å². The maximum Gasteiger partial charge on any atom is 0.387 e. The minimum absolute atomic E-state index is 0.103. The molecule has 128 valence electrons. The Kier molecular flexibility index (Phi) is 6.54. The summed E-state index contributed by atoms with van der Waals surface area (Å²) in [5, 5.41) is 5.87. The molecule has 4 nitrogen and oxygen atoms in total. The van der Waals surface area contributed by atoms with Crippen molar-refractivity contribution in [1.82, 2.24) is 5.32 Å². The predicted octanol–water partition coefficient (Wildman–Crippen LogP) is 3.37. The fourth-order valence-electron chi connectivity index (χ4n) is 2.18. The number of amides is 1. The highest BCUT2D eigenvalue weighted by Gasteiger charge is 2.04. The van der Waals surface area contributed by atoms with E-state index in [1.54, 1.807) is 12.1 Å². The van der Waals surface area contributed by atoms with E-state index in [2.05, 4.69) is 15.4 Å². The van der Waals surface area contributed by atoms with Crippen molar-refractivity contribution < 1.29 is 18.3 Å². The van der Waals surface area contributed by atoms with Gasteiger partial charge in [0.2, 0.25) is 5.91 Å². The van der Waals surface area contributed by atoms with Crippen LogP contribution in [0.5, 0.6) is 5.75 Å². The number of halogens is 2. The zero-order chi connectivity index (χ0) is 17.4. The molecule has 6 heteroatoms. The third-order valence-electron chi connectivity index (χ3n) is 3.36. The van der Waals surface area contributed by atoms with Gasteiger partial charge in [0.1, 0.15) is 5.75 Å². The lowest BCUT2D eigenvalue weighted by molar-refractivity contribution is -0.119. The van der Waals surface area contributed by atoms with Crippen molar-refractivity contribution in [2.45, 2.75) is 20.0 Å². The van der Waals surface area contributed by atoms with Crippen LogP contribution >= 0.6 is 0 Å². The van der Waals surface area contributed by atoms with Crippen molar-refractivity contribution in [1.29, 1.82) is 0 Å². The topological polar surface area (TPSA) is 50.4 Å². The highest BCUT2D eigenvalue weighted by molar-refractivity contribution is 5.80. The van der Waals surface area contributed by atoms with Crippen LogP contribution in [0.3, 0.4) is 0 Å². The van der Waals surface area contributed by atoms with E-state index in [0.717, 1.165) is 16.8 Å². The molecular formula is C18H20F2N2O2. The zero-order valence-electron chi connectivity index (χ0n) is 13.4. The Morgan fingerprint density at radius 2 is 1.92 bits per heavy atom. The molecule has 0 radical (unpaired) electrons. The number of ether oxygens (including phenoxy) is 1. The molecule has 0 atom stereocenters. The first-order valence-corrected chi connectivity index (χ1v) is 7.64. The van der Waals surface area contributed by atoms with Gasteiger partial charge in [-0.3, -0.25) is 4.79 Å². The zero-order valence-corrected chi connectivity index (χ0v) is 13.4. The summed E-state index contributed by atoms with van der Waals surface area (Å²) in [5.41, 5.74) is 2.96. The summed E-state index contributed by atoms with van der Waals surface area (Å²) in [5.74, 6) is 0.0225. The molecule has 0 aliphatic rings. The first kappa shape index (κ1) is 17.7. The molecule has 0 unspecified atom stereocenters. The first-order chi connectivity index (χ1) is 11.5. The molecule has 2 rings (SSSR count). The number of carbonyl (C=O) groups excluding carboxylic acids is 1. The lowest BCUT2D eigenvalue weighted by Crippen LogP contribution is -2.31.